The van der Waals surface area contributed by atoms with Crippen LogP contribution in [0.4, 0.5) is 0 Å². The van der Waals surface area contributed by atoms with E-state index in [-0.39, 0.29) is 5.91 Å². The van der Waals surface area contributed by atoms with Gasteiger partial charge in [-0.25, -0.2) is 0 Å². The van der Waals surface area contributed by atoms with Crippen LogP contribution in [0.15, 0.2) is 24.3 Å². The number of rotatable bonds is 17. The monoisotopic (exact) mass is 571 g/mol. The normalized spacial score (nSPS) is 10.8. The molecule has 0 spiro atoms. The Bertz CT molecular complexity index is 1250. The number of pyridine rings is 2. The van der Waals surface area contributed by atoms with Crippen LogP contribution in [-0.4, -0.2) is 49.7 Å². The van der Waals surface area contributed by atoms with Gasteiger partial charge in [0.05, 0.1) is 14.2 Å². The van der Waals surface area contributed by atoms with E-state index in [1.807, 2.05) is 24.3 Å². The molecule has 3 aromatic heterocycles. The van der Waals surface area contributed by atoms with Crippen molar-refractivity contribution in [3.05, 3.63) is 56.3 Å². The van der Waals surface area contributed by atoms with Crippen molar-refractivity contribution in [2.45, 2.75) is 60.4 Å². The zero-order valence-corrected chi connectivity index (χ0v) is 25.1. The highest BCUT2D eigenvalue weighted by atomic mass is 32.1. The fraction of sp³-hybridized carbons (Fsp3) is 0.483. The first-order valence-corrected chi connectivity index (χ1v) is 14.2. The van der Waals surface area contributed by atoms with Crippen LogP contribution >= 0.6 is 11.3 Å². The Balaban J connectivity index is 1.57. The predicted molar refractivity (Wildman–Crippen MR) is 156 cm³/mol. The van der Waals surface area contributed by atoms with Crippen molar-refractivity contribution in [3.63, 3.8) is 0 Å². The topological polar surface area (TPSA) is 116 Å². The lowest BCUT2D eigenvalue weighted by Crippen LogP contribution is -2.30. The smallest absolute Gasteiger partial charge is 0.220 e. The number of thiophene rings is 1. The van der Waals surface area contributed by atoms with Crippen molar-refractivity contribution in [1.29, 1.82) is 0 Å². The molecule has 1 amide bonds. The van der Waals surface area contributed by atoms with Crippen LogP contribution in [0.3, 0.4) is 0 Å². The molecule has 0 bridgehead atoms. The minimum Gasteiger partial charge on any atom is -0.481 e. The minimum absolute atomic E-state index is 0.0447. The standard InChI is InChI=1S/C29H41N5O5S/c1-7-12-30-15-22-9-11-27(34-28(22)36-5)39-18-25-19(2)24(20(3)40-25)17-38-26-10-8-23(29(33-26)37-6)16-31-13-14-32-21(4)35/h8-11,30-31H,7,12-18H2,1-6H3,(H,32,35). The third-order valence-corrected chi connectivity index (χ3v) is 7.46. The number of amides is 1. The molecular formula is C29H41N5O5S. The van der Waals surface area contributed by atoms with Crippen LogP contribution < -0.4 is 34.9 Å². The molecule has 0 atom stereocenters. The fourth-order valence-corrected chi connectivity index (χ4v) is 5.13. The van der Waals surface area contributed by atoms with Crippen molar-refractivity contribution in [2.24, 2.45) is 0 Å². The van der Waals surface area contributed by atoms with Crippen LogP contribution in [0, 0.1) is 13.8 Å². The third-order valence-electron chi connectivity index (χ3n) is 6.23. The average Bonchev–Trinajstić information content (AvgIpc) is 3.22. The van der Waals surface area contributed by atoms with E-state index in [1.165, 1.54) is 11.8 Å². The molecule has 0 saturated carbocycles. The van der Waals surface area contributed by atoms with Crippen LogP contribution in [0.5, 0.6) is 23.5 Å². The molecule has 0 aliphatic carbocycles. The summed E-state index contributed by atoms with van der Waals surface area (Å²) in [5.74, 6) is 2.06. The number of nitrogens with one attached hydrogen (secondary N) is 3. The van der Waals surface area contributed by atoms with Crippen LogP contribution in [0.2, 0.25) is 0 Å². The van der Waals surface area contributed by atoms with E-state index in [1.54, 1.807) is 25.6 Å². The molecule has 3 aromatic rings. The summed E-state index contributed by atoms with van der Waals surface area (Å²) in [5.41, 5.74) is 4.18. The van der Waals surface area contributed by atoms with Gasteiger partial charge in [0.15, 0.2) is 0 Å². The van der Waals surface area contributed by atoms with Crippen LogP contribution in [0.25, 0.3) is 0 Å². The van der Waals surface area contributed by atoms with E-state index in [0.29, 0.717) is 62.9 Å². The Labute approximate surface area is 240 Å². The first kappa shape index (κ1) is 31.1. The van der Waals surface area contributed by atoms with Crippen molar-refractivity contribution in [3.8, 4) is 23.5 Å². The summed E-state index contributed by atoms with van der Waals surface area (Å²) in [4.78, 5) is 22.3. The van der Waals surface area contributed by atoms with Gasteiger partial charge in [-0.05, 0) is 44.5 Å². The first-order valence-electron chi connectivity index (χ1n) is 13.4. The van der Waals surface area contributed by atoms with Gasteiger partial charge >= 0.3 is 0 Å². The molecule has 10 nitrogen and oxygen atoms in total. The SMILES string of the molecule is CCCNCc1ccc(OCc2sc(C)c(COc3ccc(CNCCNC(C)=O)c(OC)n3)c2C)nc1OC. The van der Waals surface area contributed by atoms with E-state index in [0.717, 1.165) is 40.1 Å². The van der Waals surface area contributed by atoms with Crippen LogP contribution in [0.1, 0.15) is 52.3 Å². The van der Waals surface area contributed by atoms with Crippen molar-refractivity contribution in [2.75, 3.05) is 33.9 Å². The van der Waals surface area contributed by atoms with E-state index < -0.39 is 0 Å². The highest BCUT2D eigenvalue weighted by molar-refractivity contribution is 7.12. The molecule has 0 fully saturated rings. The summed E-state index contributed by atoms with van der Waals surface area (Å²) in [6.07, 6.45) is 1.07. The molecule has 11 heteroatoms. The summed E-state index contributed by atoms with van der Waals surface area (Å²) >= 11 is 1.69. The lowest BCUT2D eigenvalue weighted by Gasteiger charge is -2.12. The Morgan fingerprint density at radius 3 is 1.98 bits per heavy atom. The number of methoxy groups -OCH3 is 2. The zero-order chi connectivity index (χ0) is 28.9. The van der Waals surface area contributed by atoms with Crippen LogP contribution in [-0.2, 0) is 31.1 Å². The highest BCUT2D eigenvalue weighted by Gasteiger charge is 2.15. The second-order valence-corrected chi connectivity index (χ2v) is 10.5. The summed E-state index contributed by atoms with van der Waals surface area (Å²) in [6, 6.07) is 7.65. The number of carbonyl (C=O) groups is 1. The van der Waals surface area contributed by atoms with E-state index in [2.05, 4.69) is 46.7 Å². The van der Waals surface area contributed by atoms with Gasteiger partial charge in [-0.15, -0.1) is 11.3 Å². The summed E-state index contributed by atoms with van der Waals surface area (Å²) in [7, 11) is 3.22. The molecule has 40 heavy (non-hydrogen) atoms. The minimum atomic E-state index is -0.0447. The number of aryl methyl sites for hydroxylation is 1. The molecule has 0 aliphatic rings. The molecule has 3 rings (SSSR count). The number of aromatic nitrogens is 2. The van der Waals surface area contributed by atoms with E-state index in [9.17, 15) is 4.79 Å². The maximum absolute atomic E-state index is 11.0. The van der Waals surface area contributed by atoms with Gasteiger partial charge in [-0.3, -0.25) is 4.79 Å². The molecular weight excluding hydrogens is 530 g/mol. The molecule has 0 radical (unpaired) electrons. The number of hydrogen-bond acceptors (Lipinski definition) is 10. The third kappa shape index (κ3) is 9.07. The molecule has 218 valence electrons. The molecule has 3 N–H and O–H groups in total. The first-order chi connectivity index (χ1) is 19.4. The summed E-state index contributed by atoms with van der Waals surface area (Å²) in [5, 5.41) is 9.40. The van der Waals surface area contributed by atoms with Gasteiger partial charge in [0.1, 0.15) is 13.2 Å². The number of ether oxygens (including phenoxy) is 4. The number of nitrogens with zero attached hydrogens (tertiary/aromatic N) is 2. The Morgan fingerprint density at radius 1 is 0.850 bits per heavy atom. The lowest BCUT2D eigenvalue weighted by atomic mass is 10.1. The second-order valence-electron chi connectivity index (χ2n) is 9.23. The summed E-state index contributed by atoms with van der Waals surface area (Å²) in [6.45, 7) is 12.0. The van der Waals surface area contributed by atoms with Gasteiger partial charge < -0.3 is 34.9 Å². The quantitative estimate of drug-likeness (QED) is 0.206. The highest BCUT2D eigenvalue weighted by Crippen LogP contribution is 2.30. The molecule has 0 unspecified atom stereocenters. The van der Waals surface area contributed by atoms with Gasteiger partial charge in [0.2, 0.25) is 29.4 Å². The Hall–Kier alpha value is -3.41. The summed E-state index contributed by atoms with van der Waals surface area (Å²) < 4.78 is 23.0. The molecule has 3 heterocycles. The van der Waals surface area contributed by atoms with Gasteiger partial charge in [0, 0.05) is 71.7 Å². The van der Waals surface area contributed by atoms with Gasteiger partial charge in [-0.1, -0.05) is 6.92 Å². The lowest BCUT2D eigenvalue weighted by molar-refractivity contribution is -0.118. The average molecular weight is 572 g/mol. The fourth-order valence-electron chi connectivity index (χ4n) is 4.03. The second kappa shape index (κ2) is 16.0. The Morgan fingerprint density at radius 2 is 1.43 bits per heavy atom. The largest absolute Gasteiger partial charge is 0.481 e. The zero-order valence-electron chi connectivity index (χ0n) is 24.3. The van der Waals surface area contributed by atoms with Gasteiger partial charge in [0.25, 0.3) is 0 Å². The maximum Gasteiger partial charge on any atom is 0.220 e. The molecule has 0 saturated heterocycles. The van der Waals surface area contributed by atoms with Crippen molar-refractivity contribution < 1.29 is 23.7 Å². The maximum atomic E-state index is 11.0. The predicted octanol–water partition coefficient (Wildman–Crippen LogP) is 4.06. The van der Waals surface area contributed by atoms with E-state index >= 15 is 0 Å². The van der Waals surface area contributed by atoms with Crippen molar-refractivity contribution >= 4 is 17.2 Å². The number of hydrogen-bond donors (Lipinski definition) is 3. The molecule has 0 aliphatic heterocycles. The number of carbonyl (C=O) groups excluding carboxylic acids is 1. The van der Waals surface area contributed by atoms with Gasteiger partial charge in [-0.2, -0.15) is 9.97 Å². The molecule has 0 aromatic carbocycles. The Kier molecular flexibility index (Phi) is 12.4. The van der Waals surface area contributed by atoms with E-state index in [4.69, 9.17) is 18.9 Å². The van der Waals surface area contributed by atoms with Crippen molar-refractivity contribution in [1.82, 2.24) is 25.9 Å².